The fourth-order valence-electron chi connectivity index (χ4n) is 19.0. The number of terminal acetylenes is 3. The molecule has 23 heteroatoms. The first kappa shape index (κ1) is 60.7. The number of nitrogens with zero attached hydrogens (tertiary/aromatic N) is 6. The Morgan fingerprint density at radius 1 is 0.386 bits per heavy atom. The van der Waals surface area contributed by atoms with Crippen molar-refractivity contribution in [1.29, 1.82) is 0 Å². The number of carbonyl (C=O) groups is 13. The third-order valence-electron chi connectivity index (χ3n) is 22.9. The summed E-state index contributed by atoms with van der Waals surface area (Å²) in [5.41, 5.74) is -0.401. The van der Waals surface area contributed by atoms with Gasteiger partial charge in [0.2, 0.25) is 35.4 Å². The zero-order valence-corrected chi connectivity index (χ0v) is 52.5. The molecule has 20 nitrogen and oxygen atoms in total. The van der Waals surface area contributed by atoms with Gasteiger partial charge in [0.1, 0.15) is 0 Å². The van der Waals surface area contributed by atoms with E-state index in [0.29, 0.717) is 27.7 Å². The van der Waals surface area contributed by atoms with Gasteiger partial charge in [-0.1, -0.05) is 48.1 Å². The minimum Gasteiger partial charge on any atom is -0.322 e. The number of hydrogen-bond acceptors (Lipinski definition) is 13. The van der Waals surface area contributed by atoms with Crippen molar-refractivity contribution in [3.8, 4) is 48.2 Å². The number of benzene rings is 6. The van der Waals surface area contributed by atoms with E-state index in [1.54, 1.807) is 48.5 Å². The van der Waals surface area contributed by atoms with Crippen LogP contribution in [0.25, 0.3) is 11.1 Å². The number of halogens is 3. The first-order valence-electron chi connectivity index (χ1n) is 32.4. The first-order chi connectivity index (χ1) is 48.4. The van der Waals surface area contributed by atoms with E-state index in [0.717, 1.165) is 30.6 Å². The fraction of sp³-hybridized carbons (Fsp3) is 0.218. The maximum atomic E-state index is 15.4. The Morgan fingerprint density at radius 2 is 0.713 bits per heavy atom. The molecule has 0 aromatic heterocycles. The summed E-state index contributed by atoms with van der Waals surface area (Å²) in [6, 6.07) is 29.4. The smallest absolute Gasteiger partial charge is 0.322 e. The Labute approximate surface area is 570 Å². The van der Waals surface area contributed by atoms with Crippen LogP contribution in [0, 0.1) is 115 Å². The van der Waals surface area contributed by atoms with Crippen molar-refractivity contribution >= 4 is 117 Å². The Kier molecular flexibility index (Phi) is 12.4. The monoisotopic (exact) mass is 1350 g/mol. The third kappa shape index (κ3) is 7.92. The van der Waals surface area contributed by atoms with E-state index < -0.39 is 160 Å². The summed E-state index contributed by atoms with van der Waals surface area (Å²) in [6.07, 6.45) is 12.1. The minimum absolute atomic E-state index is 0.00199. The van der Waals surface area contributed by atoms with Crippen LogP contribution in [0.5, 0.6) is 0 Å². The van der Waals surface area contributed by atoms with E-state index in [1.165, 1.54) is 73.7 Å². The van der Waals surface area contributed by atoms with Crippen LogP contribution in [0.15, 0.2) is 161 Å². The fourth-order valence-corrected chi connectivity index (χ4v) is 19.0. The Balaban J connectivity index is 0.607. The lowest BCUT2D eigenvalue weighted by Crippen LogP contribution is -2.38. The van der Waals surface area contributed by atoms with Crippen LogP contribution >= 0.6 is 0 Å². The topological polar surface area (TPSA) is 253 Å². The van der Waals surface area contributed by atoms with Crippen LogP contribution in [0.3, 0.4) is 0 Å². The van der Waals surface area contributed by atoms with Crippen molar-refractivity contribution in [2.75, 3.05) is 34.7 Å². The van der Waals surface area contributed by atoms with Gasteiger partial charge in [0, 0.05) is 96.9 Å². The number of nitrogens with one attached hydrogen (secondary N) is 1. The number of carbonyl (C=O) groups excluding carboxylic acids is 13. The molecule has 18 rings (SSSR count). The van der Waals surface area contributed by atoms with Gasteiger partial charge in [0.25, 0.3) is 41.4 Å². The Morgan fingerprint density at radius 3 is 1.10 bits per heavy atom. The second-order valence-corrected chi connectivity index (χ2v) is 27.4. The van der Waals surface area contributed by atoms with Crippen LogP contribution in [0.1, 0.15) is 57.4 Å². The molecule has 3 saturated carbocycles. The Bertz CT molecular complexity index is 5310. The molecular formula is C78H46F3N7O13. The van der Waals surface area contributed by atoms with E-state index in [1.807, 2.05) is 0 Å². The molecule has 0 radical (unpaired) electrons. The molecule has 492 valence electrons. The number of hydrogen-bond donors (Lipinski definition) is 1. The van der Waals surface area contributed by atoms with Crippen molar-refractivity contribution in [3.05, 3.63) is 194 Å². The summed E-state index contributed by atoms with van der Waals surface area (Å²) in [5.74, 6) is -14.4. The molecule has 0 spiro atoms. The predicted molar refractivity (Wildman–Crippen MR) is 351 cm³/mol. The summed E-state index contributed by atoms with van der Waals surface area (Å²) in [6.45, 7) is 1.46. The lowest BCUT2D eigenvalue weighted by Gasteiger charge is -2.24. The molecule has 1 N–H and O–H groups in total. The van der Waals surface area contributed by atoms with Gasteiger partial charge in [-0.3, -0.25) is 67.2 Å². The standard InChI is InChI=1S/C78H46F3N7O13/c1-5-33-11-8-14-37(22-33)82-65(89)36-25-42(87-74(98)61-48-30-49(62(61)75(87)99)56-55(48)68(92)84(69(56)93)39-16-10-13-35(7-3)24-39)27-43(26-36)88-76(100)63-50-31-51(64(63)77(88)101)58-57(50)70(94)85(71(58)95)40-17-19-44(32(4)21-40)45-20-18-41(28-52(45)78(79,80)81)86-72(96)59-46-29-47(60(59)73(86)97)54-53(46)66(90)83(67(54)91)38-15-9-12-34(6-2)23-38/h1-3,8-28,46-51,55-56,59-60,63-64H,29-31H2,4H3,(H,82,89). The van der Waals surface area contributed by atoms with E-state index in [-0.39, 0.29) is 115 Å². The molecule has 12 unspecified atom stereocenters. The van der Waals surface area contributed by atoms with Gasteiger partial charge in [0.05, 0.1) is 75.2 Å². The number of anilines is 7. The lowest BCUT2D eigenvalue weighted by atomic mass is 9.78. The Hall–Kier alpha value is -12.7. The van der Waals surface area contributed by atoms with Gasteiger partial charge in [-0.15, -0.1) is 19.3 Å². The van der Waals surface area contributed by atoms with E-state index in [4.69, 9.17) is 19.3 Å². The van der Waals surface area contributed by atoms with Crippen molar-refractivity contribution in [2.45, 2.75) is 32.4 Å². The van der Waals surface area contributed by atoms with Crippen LogP contribution in [0.4, 0.5) is 53.0 Å². The van der Waals surface area contributed by atoms with E-state index in [2.05, 4.69) is 23.1 Å². The highest BCUT2D eigenvalue weighted by atomic mass is 19.4. The second-order valence-electron chi connectivity index (χ2n) is 27.4. The molecule has 12 atom stereocenters. The molecule has 6 aromatic rings. The molecule has 6 aliphatic carbocycles. The van der Waals surface area contributed by atoms with Crippen molar-refractivity contribution in [3.63, 3.8) is 0 Å². The number of amides is 13. The molecule has 101 heavy (non-hydrogen) atoms. The zero-order valence-electron chi connectivity index (χ0n) is 52.5. The summed E-state index contributed by atoms with van der Waals surface area (Å²) in [7, 11) is 0. The molecule has 6 aliphatic heterocycles. The van der Waals surface area contributed by atoms with E-state index >= 15 is 22.8 Å². The molecule has 12 aliphatic rings. The average molecular weight is 1350 g/mol. The number of alkyl halides is 3. The van der Waals surface area contributed by atoms with Crippen molar-refractivity contribution in [2.24, 2.45) is 71.0 Å². The second kappa shape index (κ2) is 20.7. The molecule has 3 saturated heterocycles. The number of fused-ring (bicyclic) bond motifs is 21. The molecule has 13 amide bonds. The highest BCUT2D eigenvalue weighted by molar-refractivity contribution is 6.39. The van der Waals surface area contributed by atoms with Gasteiger partial charge >= 0.3 is 6.18 Å². The van der Waals surface area contributed by atoms with Gasteiger partial charge in [-0.05, 0) is 140 Å². The number of imide groups is 6. The molecule has 6 bridgehead atoms. The number of aryl methyl sites for hydroxylation is 1. The first-order valence-corrected chi connectivity index (χ1v) is 32.4. The van der Waals surface area contributed by atoms with Gasteiger partial charge < -0.3 is 5.32 Å². The van der Waals surface area contributed by atoms with Gasteiger partial charge in [-0.25, -0.2) is 24.5 Å². The largest absolute Gasteiger partial charge is 0.417 e. The van der Waals surface area contributed by atoms with Crippen LogP contribution in [-0.2, 0) is 63.7 Å². The molecule has 6 aromatic carbocycles. The van der Waals surface area contributed by atoms with Crippen LogP contribution in [-0.4, -0.2) is 76.8 Å². The number of rotatable bonds is 9. The SMILES string of the molecule is C#Cc1cccc(NC(=O)c2cc(N3C(=O)C4=C(C3=O)C3CC4C4C(=O)N(c5cccc(C#C)c5)C(=O)C34)cc(N3C(=O)C4C5CC(C6=C5C(=O)N(c5ccc(-c7ccc(N8C(=O)C9C%10CC(C%11=C%10C(=O)N(c%10cccc(C#C)c%10)C%11=O)C9C8=O)cc7C(F)(F)F)c(C)c5)C6=O)C4C3=O)c2)c1. The average Bonchev–Trinajstić information content (AvgIpc) is 1.53. The van der Waals surface area contributed by atoms with Crippen LogP contribution in [0.2, 0.25) is 0 Å². The maximum Gasteiger partial charge on any atom is 0.417 e. The van der Waals surface area contributed by atoms with Gasteiger partial charge in [0.15, 0.2) is 0 Å². The lowest BCUT2D eigenvalue weighted by molar-refractivity contribution is -0.137. The normalized spacial score (nSPS) is 27.7. The summed E-state index contributed by atoms with van der Waals surface area (Å²) in [5, 5.41) is 2.73. The molecule has 6 heterocycles. The van der Waals surface area contributed by atoms with E-state index in [9.17, 15) is 52.7 Å². The quantitative estimate of drug-likeness (QED) is 0.107. The zero-order chi connectivity index (χ0) is 70.3. The summed E-state index contributed by atoms with van der Waals surface area (Å²) >= 11 is 0. The third-order valence-corrected chi connectivity index (χ3v) is 22.9. The van der Waals surface area contributed by atoms with Crippen molar-refractivity contribution in [1.82, 2.24) is 0 Å². The van der Waals surface area contributed by atoms with Crippen LogP contribution < -0.4 is 34.7 Å². The maximum absolute atomic E-state index is 15.4. The highest BCUT2D eigenvalue weighted by Gasteiger charge is 2.72. The molecular weight excluding hydrogens is 1300 g/mol. The highest BCUT2D eigenvalue weighted by Crippen LogP contribution is 2.65. The van der Waals surface area contributed by atoms with Crippen molar-refractivity contribution < 1.29 is 75.5 Å². The summed E-state index contributed by atoms with van der Waals surface area (Å²) < 4.78 is 46.2. The molecule has 6 fully saturated rings. The van der Waals surface area contributed by atoms with Gasteiger partial charge in [-0.2, -0.15) is 13.2 Å². The summed E-state index contributed by atoms with van der Waals surface area (Å²) in [4.78, 5) is 194. The minimum atomic E-state index is -5.08. The predicted octanol–water partition coefficient (Wildman–Crippen LogP) is 7.75.